The number of allylic oxidation sites excluding steroid dienone is 1. The first-order valence-electron chi connectivity index (χ1n) is 15.4. The summed E-state index contributed by atoms with van der Waals surface area (Å²) in [6.07, 6.45) is 5.16. The van der Waals surface area contributed by atoms with Crippen LogP contribution < -0.4 is 32.5 Å². The fraction of sp³-hybridized carbons (Fsp3) is 0.400. The lowest BCUT2D eigenvalue weighted by Crippen LogP contribution is -2.30. The highest BCUT2D eigenvalue weighted by atomic mass is 16.6. The summed E-state index contributed by atoms with van der Waals surface area (Å²) in [7, 11) is 3.27. The smallest absolute Gasteiger partial charge is 0.137 e. The van der Waals surface area contributed by atoms with E-state index in [1.807, 2.05) is 71.0 Å². The van der Waals surface area contributed by atoms with E-state index in [1.165, 1.54) is 5.56 Å². The maximum Gasteiger partial charge on any atom is 0.137 e. The van der Waals surface area contributed by atoms with Crippen LogP contribution in [0.5, 0.6) is 5.75 Å². The molecule has 1 aliphatic rings. The number of nitrogens with one attached hydrogen (secondary N) is 4. The van der Waals surface area contributed by atoms with Gasteiger partial charge in [0.2, 0.25) is 0 Å². The van der Waals surface area contributed by atoms with Gasteiger partial charge in [-0.25, -0.2) is 4.99 Å². The number of nitrogens with two attached hydrogens (primary N) is 2. The van der Waals surface area contributed by atoms with Crippen LogP contribution in [-0.4, -0.2) is 37.2 Å². The molecule has 11 heteroatoms. The number of rotatable bonds is 10. The van der Waals surface area contributed by atoms with Gasteiger partial charge in [0.05, 0.1) is 25.0 Å². The number of hydrogen-bond acceptors (Lipinski definition) is 9. The molecule has 0 bridgehead atoms. The molecule has 4 rings (SSSR count). The van der Waals surface area contributed by atoms with Gasteiger partial charge in [0.15, 0.2) is 0 Å². The normalized spacial score (nSPS) is 16.7. The van der Waals surface area contributed by atoms with Gasteiger partial charge in [-0.05, 0) is 60.4 Å². The molecule has 0 unspecified atom stereocenters. The van der Waals surface area contributed by atoms with E-state index < -0.39 is 0 Å². The largest absolute Gasteiger partial charge is 0.484 e. The second kappa shape index (κ2) is 16.7. The summed E-state index contributed by atoms with van der Waals surface area (Å²) in [6.45, 7) is 10.4. The molecular formula is C35H54N8O3. The van der Waals surface area contributed by atoms with Crippen molar-refractivity contribution < 1.29 is 17.2 Å². The number of methoxy groups -OCH3 is 1. The highest BCUT2D eigenvalue weighted by molar-refractivity contribution is 5.94. The fourth-order valence-corrected chi connectivity index (χ4v) is 4.73. The van der Waals surface area contributed by atoms with Gasteiger partial charge < -0.3 is 31.1 Å². The summed E-state index contributed by atoms with van der Waals surface area (Å²) < 4.78 is 12.8. The zero-order valence-electron chi connectivity index (χ0n) is 28.1. The molecule has 2 atom stereocenters. The molecule has 46 heavy (non-hydrogen) atoms. The van der Waals surface area contributed by atoms with Gasteiger partial charge in [0.1, 0.15) is 35.7 Å². The van der Waals surface area contributed by atoms with Crippen molar-refractivity contribution >= 4 is 23.0 Å². The quantitative estimate of drug-likeness (QED) is 0.0630. The molecule has 1 aliphatic carbocycles. The Morgan fingerprint density at radius 3 is 2.43 bits per heavy atom. The Labute approximate surface area is 275 Å². The molecule has 0 radical (unpaired) electrons. The topological polar surface area (TPSA) is 169 Å². The Morgan fingerprint density at radius 1 is 1.07 bits per heavy atom. The van der Waals surface area contributed by atoms with Crippen LogP contribution in [-0.2, 0) is 9.57 Å². The van der Waals surface area contributed by atoms with Crippen LogP contribution in [0.3, 0.4) is 0 Å². The van der Waals surface area contributed by atoms with Crippen LogP contribution in [0.2, 0.25) is 0 Å². The summed E-state index contributed by atoms with van der Waals surface area (Å²) in [5.41, 5.74) is 19.8. The first-order chi connectivity index (χ1) is 21.8. The van der Waals surface area contributed by atoms with E-state index >= 15 is 0 Å². The Bertz CT molecular complexity index is 1580. The lowest BCUT2D eigenvalue weighted by atomic mass is 9.86. The summed E-state index contributed by atoms with van der Waals surface area (Å²) >= 11 is 0. The number of aliphatic imine (C=N–C) groups is 1. The van der Waals surface area contributed by atoms with E-state index in [0.717, 1.165) is 29.8 Å². The standard InChI is InChI=1S/C20H26N4O2.C15H24N4O.2H2/c1-13(2)20(22)24-12-14(8-11-19(24)21)26-18-10-9-17(23-25-3)15-6-4-5-7-16(15)18;1-15(2,3)13(16)9-14(17)19-12-7-5-6-11(8-12)18-10-20-4;;/h4-8,11-13,17-18,21-23H,9-10H2,1-3H3;5-9,18H,10,16H2,1-4H3,(H2,17,19);2*1H/b;13-9-;;/t17-,18+;;;/m0.../s1. The molecule has 1 heterocycles. The Kier molecular flexibility index (Phi) is 13.1. The Balaban J connectivity index is 0.000000477. The van der Waals surface area contributed by atoms with Crippen LogP contribution in [0.15, 0.2) is 83.6 Å². The maximum absolute atomic E-state index is 8.20. The molecule has 0 aliphatic heterocycles. The molecule has 8 N–H and O–H groups in total. The first-order valence-corrected chi connectivity index (χ1v) is 15.4. The van der Waals surface area contributed by atoms with Gasteiger partial charge in [-0.1, -0.05) is 65.0 Å². The van der Waals surface area contributed by atoms with Crippen LogP contribution in [0, 0.1) is 22.2 Å². The molecule has 0 saturated carbocycles. The summed E-state index contributed by atoms with van der Waals surface area (Å²) in [6, 6.07) is 19.5. The molecule has 3 aromatic rings. The van der Waals surface area contributed by atoms with Gasteiger partial charge in [-0.2, -0.15) is 5.48 Å². The highest BCUT2D eigenvalue weighted by Crippen LogP contribution is 2.38. The van der Waals surface area contributed by atoms with Crippen LogP contribution in [0.25, 0.3) is 0 Å². The maximum atomic E-state index is 8.20. The Hall–Kier alpha value is -4.45. The molecule has 252 valence electrons. The van der Waals surface area contributed by atoms with Crippen molar-refractivity contribution in [2.45, 2.75) is 59.6 Å². The Morgan fingerprint density at radius 2 is 1.78 bits per heavy atom. The van der Waals surface area contributed by atoms with Crippen molar-refractivity contribution in [2.24, 2.45) is 27.8 Å². The van der Waals surface area contributed by atoms with Crippen LogP contribution in [0.1, 0.15) is 73.6 Å². The van der Waals surface area contributed by atoms with Crippen molar-refractivity contribution in [3.63, 3.8) is 0 Å². The minimum Gasteiger partial charge on any atom is -0.484 e. The van der Waals surface area contributed by atoms with Crippen molar-refractivity contribution in [3.8, 4) is 5.75 Å². The molecule has 2 aromatic carbocycles. The van der Waals surface area contributed by atoms with Gasteiger partial charge in [-0.3, -0.25) is 15.4 Å². The van der Waals surface area contributed by atoms with Crippen molar-refractivity contribution in [3.05, 3.63) is 95.2 Å². The van der Waals surface area contributed by atoms with Gasteiger partial charge >= 0.3 is 0 Å². The SMILES string of the molecule is COCNc1cccc(N=C(N)/C=C(\N)C(C)(C)C)c1.CON[C@H]1CC[C@@H](Oc2ccc(=N)n(C(=N)C(C)C)c2)c2ccccc21.[HH].[HH]. The van der Waals surface area contributed by atoms with Gasteiger partial charge in [-0.15, -0.1) is 0 Å². The van der Waals surface area contributed by atoms with E-state index in [2.05, 4.69) is 27.9 Å². The third kappa shape index (κ3) is 10.3. The zero-order valence-corrected chi connectivity index (χ0v) is 28.1. The van der Waals surface area contributed by atoms with Crippen LogP contribution in [0.4, 0.5) is 11.4 Å². The summed E-state index contributed by atoms with van der Waals surface area (Å²) in [4.78, 5) is 9.47. The average Bonchev–Trinajstić information content (AvgIpc) is 3.01. The number of hydrogen-bond donors (Lipinski definition) is 6. The molecule has 1 aromatic heterocycles. The molecule has 11 nitrogen and oxygen atoms in total. The number of aromatic nitrogens is 1. The second-order valence-corrected chi connectivity index (χ2v) is 12.4. The third-order valence-corrected chi connectivity index (χ3v) is 7.40. The van der Waals surface area contributed by atoms with E-state index in [4.69, 9.17) is 36.6 Å². The van der Waals surface area contributed by atoms with Crippen LogP contribution >= 0.6 is 0 Å². The molecule has 0 fully saturated rings. The monoisotopic (exact) mass is 634 g/mol. The number of anilines is 1. The number of hydroxylamine groups is 1. The number of pyridine rings is 1. The van der Waals surface area contributed by atoms with E-state index in [9.17, 15) is 0 Å². The highest BCUT2D eigenvalue weighted by Gasteiger charge is 2.28. The number of fused-ring (bicyclic) bond motifs is 1. The fourth-order valence-electron chi connectivity index (χ4n) is 4.73. The predicted molar refractivity (Wildman–Crippen MR) is 189 cm³/mol. The van der Waals surface area contributed by atoms with Crippen molar-refractivity contribution in [2.75, 3.05) is 26.3 Å². The number of amidine groups is 1. The van der Waals surface area contributed by atoms with Crippen molar-refractivity contribution in [1.82, 2.24) is 10.0 Å². The van der Waals surface area contributed by atoms with E-state index in [1.54, 1.807) is 43.2 Å². The first kappa shape index (κ1) is 36.0. The molecular weight excluding hydrogens is 580 g/mol. The average molecular weight is 635 g/mol. The van der Waals surface area contributed by atoms with E-state index in [0.29, 0.717) is 29.8 Å². The number of ether oxygens (including phenoxy) is 2. The summed E-state index contributed by atoms with van der Waals surface area (Å²) in [5.74, 6) is 1.48. The number of benzene rings is 2. The second-order valence-electron chi connectivity index (χ2n) is 12.4. The van der Waals surface area contributed by atoms with Gasteiger partial charge in [0, 0.05) is 32.7 Å². The minimum absolute atomic E-state index is 0. The number of nitrogens with zero attached hydrogens (tertiary/aromatic N) is 2. The molecule has 0 spiro atoms. The lowest BCUT2D eigenvalue weighted by molar-refractivity contribution is 0.0459. The lowest BCUT2D eigenvalue weighted by Gasteiger charge is -2.31. The van der Waals surface area contributed by atoms with E-state index in [-0.39, 0.29) is 31.8 Å². The van der Waals surface area contributed by atoms with Crippen molar-refractivity contribution in [1.29, 1.82) is 10.8 Å². The van der Waals surface area contributed by atoms with Gasteiger partial charge in [0.25, 0.3) is 0 Å². The summed E-state index contributed by atoms with van der Waals surface area (Å²) in [5, 5.41) is 19.3. The molecule has 0 amide bonds. The minimum atomic E-state index is -0.123. The third-order valence-electron chi connectivity index (χ3n) is 7.40. The predicted octanol–water partition coefficient (Wildman–Crippen LogP) is 6.63. The zero-order chi connectivity index (χ0) is 33.9. The molecule has 0 saturated heterocycles.